The first kappa shape index (κ1) is 17.0. The maximum absolute atomic E-state index is 5.74. The molecule has 2 aromatic carbocycles. The number of rotatable bonds is 7. The van der Waals surface area contributed by atoms with Crippen LogP contribution in [0.5, 0.6) is 23.1 Å². The molecule has 6 heteroatoms. The summed E-state index contributed by atoms with van der Waals surface area (Å²) >= 11 is 5.69. The average Bonchev–Trinajstić information content (AvgIpc) is 2.64. The van der Waals surface area contributed by atoms with Crippen LogP contribution in [0.25, 0.3) is 0 Å². The maximum Gasteiger partial charge on any atom is 0.233 e. The zero-order valence-corrected chi connectivity index (χ0v) is 14.4. The number of nitrogens with zero attached hydrogens (tertiary/aromatic N) is 2. The molecule has 1 heterocycles. The molecule has 0 saturated heterocycles. The highest BCUT2D eigenvalue weighted by Crippen LogP contribution is 2.23. The molecule has 3 rings (SSSR count). The molecule has 0 aliphatic heterocycles. The summed E-state index contributed by atoms with van der Waals surface area (Å²) in [6, 6.07) is 20.3. The minimum atomic E-state index is -0.185. The van der Waals surface area contributed by atoms with E-state index in [0.29, 0.717) is 17.6 Å². The molecule has 1 aromatic heterocycles. The lowest BCUT2D eigenvalue weighted by Crippen LogP contribution is -2.21. The van der Waals surface area contributed by atoms with Gasteiger partial charge in [-0.3, -0.25) is 0 Å². The van der Waals surface area contributed by atoms with Crippen LogP contribution in [0.1, 0.15) is 6.92 Å². The van der Waals surface area contributed by atoms with Crippen LogP contribution < -0.4 is 14.2 Å². The van der Waals surface area contributed by atoms with Gasteiger partial charge in [0.1, 0.15) is 30.0 Å². The predicted octanol–water partition coefficient (Wildman–Crippen LogP) is 4.77. The molecule has 0 spiro atoms. The fourth-order valence-electron chi connectivity index (χ4n) is 2.05. The number of hydrogen-bond donors (Lipinski definition) is 0. The van der Waals surface area contributed by atoms with E-state index in [2.05, 4.69) is 10.2 Å². The van der Waals surface area contributed by atoms with E-state index in [1.807, 2.05) is 61.5 Å². The topological polar surface area (TPSA) is 53.5 Å². The summed E-state index contributed by atoms with van der Waals surface area (Å²) in [6.07, 6.45) is -0.185. The minimum Gasteiger partial charge on any atom is -0.490 e. The molecule has 3 aromatic rings. The lowest BCUT2D eigenvalue weighted by Gasteiger charge is -2.14. The highest BCUT2D eigenvalue weighted by Gasteiger charge is 2.07. The second-order valence-electron chi connectivity index (χ2n) is 5.32. The molecule has 0 amide bonds. The second kappa shape index (κ2) is 8.35. The van der Waals surface area contributed by atoms with E-state index < -0.39 is 0 Å². The van der Waals surface area contributed by atoms with Crippen molar-refractivity contribution < 1.29 is 14.2 Å². The Balaban J connectivity index is 1.48. The van der Waals surface area contributed by atoms with Gasteiger partial charge in [-0.25, -0.2) is 0 Å². The summed E-state index contributed by atoms with van der Waals surface area (Å²) in [5, 5.41) is 7.91. The number of benzene rings is 2. The van der Waals surface area contributed by atoms with Gasteiger partial charge in [-0.15, -0.1) is 10.2 Å². The van der Waals surface area contributed by atoms with Gasteiger partial charge in [0.15, 0.2) is 5.15 Å². The quantitative estimate of drug-likeness (QED) is 0.610. The Bertz CT molecular complexity index is 780. The van der Waals surface area contributed by atoms with Crippen LogP contribution in [0.2, 0.25) is 5.15 Å². The summed E-state index contributed by atoms with van der Waals surface area (Å²) in [5.74, 6) is 2.69. The number of para-hydroxylation sites is 1. The number of ether oxygens (including phenoxy) is 3. The van der Waals surface area contributed by atoms with Crippen molar-refractivity contribution in [3.05, 3.63) is 71.9 Å². The molecule has 0 fully saturated rings. The van der Waals surface area contributed by atoms with Gasteiger partial charge < -0.3 is 14.2 Å². The molecular formula is C19H17ClN2O3. The number of hydrogen-bond acceptors (Lipinski definition) is 5. The standard InChI is InChI=1S/C19H17ClN2O3/c1-14(24-19-12-11-18(20)21-22-19)13-23-15-7-9-17(10-8-15)25-16-5-3-2-4-6-16/h2-12,14H,13H2,1H3. The predicted molar refractivity (Wildman–Crippen MR) is 95.6 cm³/mol. The van der Waals surface area contributed by atoms with Crippen molar-refractivity contribution in [2.24, 2.45) is 0 Å². The van der Waals surface area contributed by atoms with Crippen LogP contribution >= 0.6 is 11.6 Å². The third kappa shape index (κ3) is 5.36. The van der Waals surface area contributed by atoms with Gasteiger partial charge in [0.2, 0.25) is 5.88 Å². The first-order chi connectivity index (χ1) is 12.2. The average molecular weight is 357 g/mol. The third-order valence-electron chi connectivity index (χ3n) is 3.22. The summed E-state index contributed by atoms with van der Waals surface area (Å²) in [6.45, 7) is 2.27. The van der Waals surface area contributed by atoms with E-state index in [0.717, 1.165) is 17.2 Å². The molecule has 0 N–H and O–H groups in total. The van der Waals surface area contributed by atoms with Gasteiger partial charge in [0, 0.05) is 6.07 Å². The van der Waals surface area contributed by atoms with Crippen LogP contribution in [-0.4, -0.2) is 22.9 Å². The number of aromatic nitrogens is 2. The van der Waals surface area contributed by atoms with Crippen molar-refractivity contribution in [1.82, 2.24) is 10.2 Å². The summed E-state index contributed by atoms with van der Waals surface area (Å²) < 4.78 is 17.1. The Morgan fingerprint density at radius 1 is 0.840 bits per heavy atom. The molecular weight excluding hydrogens is 340 g/mol. The Morgan fingerprint density at radius 3 is 2.20 bits per heavy atom. The molecule has 0 saturated carbocycles. The second-order valence-corrected chi connectivity index (χ2v) is 5.71. The van der Waals surface area contributed by atoms with Crippen molar-refractivity contribution in [3.63, 3.8) is 0 Å². The minimum absolute atomic E-state index is 0.185. The van der Waals surface area contributed by atoms with Gasteiger partial charge in [0.25, 0.3) is 0 Å². The molecule has 0 aliphatic carbocycles. The molecule has 5 nitrogen and oxygen atoms in total. The Hall–Kier alpha value is -2.79. The highest BCUT2D eigenvalue weighted by atomic mass is 35.5. The molecule has 1 unspecified atom stereocenters. The van der Waals surface area contributed by atoms with Crippen molar-refractivity contribution >= 4 is 11.6 Å². The molecule has 128 valence electrons. The molecule has 0 radical (unpaired) electrons. The zero-order valence-electron chi connectivity index (χ0n) is 13.6. The van der Waals surface area contributed by atoms with Crippen LogP contribution in [0.15, 0.2) is 66.7 Å². The van der Waals surface area contributed by atoms with E-state index in [9.17, 15) is 0 Å². The van der Waals surface area contributed by atoms with Gasteiger partial charge >= 0.3 is 0 Å². The Morgan fingerprint density at radius 2 is 1.52 bits per heavy atom. The fourth-order valence-corrected chi connectivity index (χ4v) is 2.15. The van der Waals surface area contributed by atoms with E-state index in [1.54, 1.807) is 12.1 Å². The highest BCUT2D eigenvalue weighted by molar-refractivity contribution is 6.29. The Labute approximate surface area is 151 Å². The van der Waals surface area contributed by atoms with Crippen LogP contribution in [0.4, 0.5) is 0 Å². The summed E-state index contributed by atoms with van der Waals surface area (Å²) in [7, 11) is 0. The zero-order chi connectivity index (χ0) is 17.5. The molecule has 25 heavy (non-hydrogen) atoms. The Kier molecular flexibility index (Phi) is 5.69. The lowest BCUT2D eigenvalue weighted by molar-refractivity contribution is 0.137. The largest absolute Gasteiger partial charge is 0.490 e. The van der Waals surface area contributed by atoms with Gasteiger partial charge in [0.05, 0.1) is 0 Å². The lowest BCUT2D eigenvalue weighted by atomic mass is 10.3. The van der Waals surface area contributed by atoms with Gasteiger partial charge in [-0.05, 0) is 49.4 Å². The maximum atomic E-state index is 5.74. The summed E-state index contributed by atoms with van der Waals surface area (Å²) in [4.78, 5) is 0. The summed E-state index contributed by atoms with van der Waals surface area (Å²) in [5.41, 5.74) is 0. The van der Waals surface area contributed by atoms with Gasteiger partial charge in [-0.1, -0.05) is 29.8 Å². The van der Waals surface area contributed by atoms with Gasteiger partial charge in [-0.2, -0.15) is 0 Å². The van der Waals surface area contributed by atoms with E-state index >= 15 is 0 Å². The molecule has 0 bridgehead atoms. The molecule has 1 atom stereocenters. The van der Waals surface area contributed by atoms with Crippen LogP contribution in [0, 0.1) is 0 Å². The smallest absolute Gasteiger partial charge is 0.233 e. The first-order valence-electron chi connectivity index (χ1n) is 7.81. The van der Waals surface area contributed by atoms with Crippen molar-refractivity contribution in [2.45, 2.75) is 13.0 Å². The fraction of sp³-hybridized carbons (Fsp3) is 0.158. The van der Waals surface area contributed by atoms with E-state index in [-0.39, 0.29) is 6.10 Å². The van der Waals surface area contributed by atoms with Crippen LogP contribution in [-0.2, 0) is 0 Å². The SMILES string of the molecule is CC(COc1ccc(Oc2ccccc2)cc1)Oc1ccc(Cl)nn1. The van der Waals surface area contributed by atoms with Crippen molar-refractivity contribution in [2.75, 3.05) is 6.61 Å². The van der Waals surface area contributed by atoms with Crippen molar-refractivity contribution in [1.29, 1.82) is 0 Å². The van der Waals surface area contributed by atoms with Crippen molar-refractivity contribution in [3.8, 4) is 23.1 Å². The first-order valence-corrected chi connectivity index (χ1v) is 8.18. The van der Waals surface area contributed by atoms with Crippen LogP contribution in [0.3, 0.4) is 0 Å². The number of halogens is 1. The monoisotopic (exact) mass is 356 g/mol. The van der Waals surface area contributed by atoms with E-state index in [4.69, 9.17) is 25.8 Å². The van der Waals surface area contributed by atoms with E-state index in [1.165, 1.54) is 0 Å². The normalized spacial score (nSPS) is 11.6. The molecule has 0 aliphatic rings. The third-order valence-corrected chi connectivity index (χ3v) is 3.42.